The zero-order chi connectivity index (χ0) is 29.1. The van der Waals surface area contributed by atoms with Crippen LogP contribution in [0.1, 0.15) is 10.4 Å². The van der Waals surface area contributed by atoms with Gasteiger partial charge < -0.3 is 24.4 Å². The molecule has 1 amide bonds. The van der Waals surface area contributed by atoms with Crippen LogP contribution in [0.15, 0.2) is 78.0 Å². The van der Waals surface area contributed by atoms with Gasteiger partial charge in [-0.3, -0.25) is 14.6 Å². The number of pyridine rings is 3. The lowest BCUT2D eigenvalue weighted by Gasteiger charge is -2.13. The zero-order valence-electron chi connectivity index (χ0n) is 22.0. The molecule has 0 saturated heterocycles. The smallest absolute Gasteiger partial charge is 0.261 e. The van der Waals surface area contributed by atoms with E-state index < -0.39 is 23.0 Å². The van der Waals surface area contributed by atoms with Gasteiger partial charge in [0.05, 0.1) is 32.1 Å². The van der Waals surface area contributed by atoms with Crippen molar-refractivity contribution in [3.05, 3.63) is 101 Å². The van der Waals surface area contributed by atoms with Gasteiger partial charge in [-0.15, -0.1) is 0 Å². The molecule has 12 heteroatoms. The molecule has 0 aliphatic rings. The highest BCUT2D eigenvalue weighted by atomic mass is 19.1. The molecule has 3 aromatic heterocycles. The molecule has 0 bridgehead atoms. The van der Waals surface area contributed by atoms with Gasteiger partial charge in [-0.2, -0.15) is 4.73 Å². The number of aromatic nitrogens is 3. The molecule has 208 valence electrons. The normalized spacial score (nSPS) is 10.8. The van der Waals surface area contributed by atoms with Gasteiger partial charge in [0, 0.05) is 35.6 Å². The van der Waals surface area contributed by atoms with Crippen LogP contribution in [0, 0.1) is 11.6 Å². The van der Waals surface area contributed by atoms with E-state index in [1.165, 1.54) is 87.1 Å². The van der Waals surface area contributed by atoms with Crippen molar-refractivity contribution >= 4 is 22.6 Å². The summed E-state index contributed by atoms with van der Waals surface area (Å²) in [6.07, 6.45) is 4.05. The first-order valence-electron chi connectivity index (χ1n) is 12.0. The summed E-state index contributed by atoms with van der Waals surface area (Å²) in [5, 5.41) is 2.51. The molecule has 0 aliphatic heterocycles. The van der Waals surface area contributed by atoms with Crippen molar-refractivity contribution in [3.63, 3.8) is 0 Å². The van der Waals surface area contributed by atoms with Gasteiger partial charge in [0.25, 0.3) is 11.8 Å². The Balaban J connectivity index is 1.41. The maximum absolute atomic E-state index is 15.1. The Morgan fingerprint density at radius 2 is 1.68 bits per heavy atom. The van der Waals surface area contributed by atoms with Crippen molar-refractivity contribution < 1.29 is 32.6 Å². The van der Waals surface area contributed by atoms with Crippen molar-refractivity contribution in [2.24, 2.45) is 0 Å². The van der Waals surface area contributed by atoms with Crippen molar-refractivity contribution in [2.75, 3.05) is 26.6 Å². The van der Waals surface area contributed by atoms with Crippen LogP contribution in [0.5, 0.6) is 23.1 Å². The Hall–Kier alpha value is -5.52. The standard InChI is InChI=1S/C29H22F2N4O6/c1-38-25-13-22-26(34-29(25)39-2)24(10-11-32-22)41-23-9-8-18(12-21(23)31)33-28(37)20-15-35(40-3)14-19(27(20)36)16-4-6-17(30)7-5-16/h4-15H,1-3H3,(H,33,37). The molecule has 5 aromatic rings. The lowest BCUT2D eigenvalue weighted by Crippen LogP contribution is -2.25. The fourth-order valence-electron chi connectivity index (χ4n) is 4.02. The molecule has 5 rings (SSSR count). The number of carbonyl (C=O) groups is 1. The van der Waals surface area contributed by atoms with Gasteiger partial charge in [-0.05, 0) is 29.8 Å². The number of nitrogens with zero attached hydrogens (tertiary/aromatic N) is 3. The van der Waals surface area contributed by atoms with Crippen LogP contribution in [-0.2, 0) is 0 Å². The summed E-state index contributed by atoms with van der Waals surface area (Å²) in [5.74, 6) is -1.43. The second-order valence-corrected chi connectivity index (χ2v) is 8.54. The fraction of sp³-hybridized carbons (Fsp3) is 0.103. The van der Waals surface area contributed by atoms with E-state index in [1.807, 2.05) is 0 Å². The predicted molar refractivity (Wildman–Crippen MR) is 146 cm³/mol. The van der Waals surface area contributed by atoms with Gasteiger partial charge in [-0.1, -0.05) is 12.1 Å². The molecule has 10 nitrogen and oxygen atoms in total. The molecule has 0 fully saturated rings. The first-order chi connectivity index (χ1) is 19.8. The molecule has 0 saturated carbocycles. The largest absolute Gasteiger partial charge is 0.491 e. The Morgan fingerprint density at radius 3 is 2.37 bits per heavy atom. The molecular formula is C29H22F2N4O6. The molecule has 0 atom stereocenters. The highest BCUT2D eigenvalue weighted by Crippen LogP contribution is 2.35. The van der Waals surface area contributed by atoms with E-state index in [0.29, 0.717) is 22.3 Å². The molecule has 3 heterocycles. The number of fused-ring (bicyclic) bond motifs is 1. The highest BCUT2D eigenvalue weighted by molar-refractivity contribution is 6.04. The minimum absolute atomic E-state index is 0.0690. The summed E-state index contributed by atoms with van der Waals surface area (Å²) in [6, 6.07) is 12.1. The topological polar surface area (TPSA) is 114 Å². The number of methoxy groups -OCH3 is 2. The van der Waals surface area contributed by atoms with Crippen molar-refractivity contribution in [1.29, 1.82) is 0 Å². The summed E-state index contributed by atoms with van der Waals surface area (Å²) in [5.41, 5.74) is 0.437. The highest BCUT2D eigenvalue weighted by Gasteiger charge is 2.19. The number of rotatable bonds is 8. The number of benzene rings is 2. The van der Waals surface area contributed by atoms with Crippen molar-refractivity contribution in [1.82, 2.24) is 14.7 Å². The SMILES string of the molecule is COc1cc2nccc(Oc3ccc(NC(=O)c4cn(OC)cc(-c5ccc(F)cc5)c4=O)cc3F)c2nc1OC. The van der Waals surface area contributed by atoms with Gasteiger partial charge in [0.15, 0.2) is 23.1 Å². The monoisotopic (exact) mass is 560 g/mol. The molecule has 0 spiro atoms. The maximum Gasteiger partial charge on any atom is 0.261 e. The van der Waals surface area contributed by atoms with Gasteiger partial charge in [-0.25, -0.2) is 13.8 Å². The number of amides is 1. The zero-order valence-corrected chi connectivity index (χ0v) is 22.0. The minimum atomic E-state index is -0.803. The quantitative estimate of drug-likeness (QED) is 0.286. The molecule has 1 N–H and O–H groups in total. The van der Waals surface area contributed by atoms with Crippen LogP contribution in [0.4, 0.5) is 14.5 Å². The number of anilines is 1. The molecule has 0 radical (unpaired) electrons. The lowest BCUT2D eigenvalue weighted by molar-refractivity contribution is 0.101. The van der Waals surface area contributed by atoms with E-state index >= 15 is 4.39 Å². The molecule has 0 unspecified atom stereocenters. The number of nitrogens with one attached hydrogen (secondary N) is 1. The minimum Gasteiger partial charge on any atom is -0.491 e. The molecule has 2 aromatic carbocycles. The first kappa shape index (κ1) is 27.1. The molecule has 41 heavy (non-hydrogen) atoms. The van der Waals surface area contributed by atoms with Gasteiger partial charge >= 0.3 is 0 Å². The van der Waals surface area contributed by atoms with Crippen molar-refractivity contribution in [3.8, 4) is 34.3 Å². The van der Waals surface area contributed by atoms with Crippen LogP contribution in [0.2, 0.25) is 0 Å². The lowest BCUT2D eigenvalue weighted by atomic mass is 10.0. The average Bonchev–Trinajstić information content (AvgIpc) is 2.98. The fourth-order valence-corrected chi connectivity index (χ4v) is 4.02. The van der Waals surface area contributed by atoms with Crippen LogP contribution in [-0.4, -0.2) is 41.9 Å². The van der Waals surface area contributed by atoms with Crippen LogP contribution in [0.3, 0.4) is 0 Å². The Kier molecular flexibility index (Phi) is 7.46. The maximum atomic E-state index is 15.1. The van der Waals surface area contributed by atoms with E-state index in [-0.39, 0.29) is 34.2 Å². The molecule has 0 aliphatic carbocycles. The first-order valence-corrected chi connectivity index (χ1v) is 12.0. The Labute approximate surface area is 231 Å². The van der Waals surface area contributed by atoms with E-state index in [1.54, 1.807) is 6.07 Å². The second kappa shape index (κ2) is 11.3. The number of carbonyl (C=O) groups excluding carboxylic acids is 1. The number of ether oxygens (including phenoxy) is 3. The van der Waals surface area contributed by atoms with Crippen LogP contribution >= 0.6 is 0 Å². The number of hydrogen-bond donors (Lipinski definition) is 1. The van der Waals surface area contributed by atoms with Gasteiger partial charge in [0.1, 0.15) is 24.0 Å². The summed E-state index contributed by atoms with van der Waals surface area (Å²) in [7, 11) is 4.25. The van der Waals surface area contributed by atoms with E-state index in [9.17, 15) is 14.0 Å². The Bertz CT molecular complexity index is 1830. The van der Waals surface area contributed by atoms with E-state index in [2.05, 4.69) is 15.3 Å². The summed E-state index contributed by atoms with van der Waals surface area (Å²) in [4.78, 5) is 40.0. The third kappa shape index (κ3) is 5.48. The van der Waals surface area contributed by atoms with E-state index in [4.69, 9.17) is 19.0 Å². The summed E-state index contributed by atoms with van der Waals surface area (Å²) in [6.45, 7) is 0. The summed E-state index contributed by atoms with van der Waals surface area (Å²) < 4.78 is 45.9. The van der Waals surface area contributed by atoms with Gasteiger partial charge in [0.2, 0.25) is 5.43 Å². The third-order valence-corrected chi connectivity index (χ3v) is 6.04. The van der Waals surface area contributed by atoms with E-state index in [0.717, 1.165) is 6.07 Å². The average molecular weight is 561 g/mol. The molecular weight excluding hydrogens is 538 g/mol. The summed E-state index contributed by atoms with van der Waals surface area (Å²) >= 11 is 0. The van der Waals surface area contributed by atoms with Crippen LogP contribution in [0.25, 0.3) is 22.2 Å². The third-order valence-electron chi connectivity index (χ3n) is 6.04. The Morgan fingerprint density at radius 1 is 0.902 bits per heavy atom. The van der Waals surface area contributed by atoms with Crippen LogP contribution < -0.4 is 29.8 Å². The number of hydrogen-bond acceptors (Lipinski definition) is 8. The second-order valence-electron chi connectivity index (χ2n) is 8.54. The van der Waals surface area contributed by atoms with Crippen molar-refractivity contribution in [2.45, 2.75) is 0 Å². The predicted octanol–water partition coefficient (Wildman–Crippen LogP) is 4.86. The number of halogens is 2.